The second kappa shape index (κ2) is 3.06. The quantitative estimate of drug-likeness (QED) is 0.750. The fourth-order valence-corrected chi connectivity index (χ4v) is 0.931. The summed E-state index contributed by atoms with van der Waals surface area (Å²) in [5.74, 6) is 0. The molecule has 2 heterocycles. The van der Waals surface area contributed by atoms with Crippen LogP contribution in [0.15, 0.2) is 41.5 Å². The van der Waals surface area contributed by atoms with Gasteiger partial charge in [0, 0.05) is 24.2 Å². The van der Waals surface area contributed by atoms with Crippen molar-refractivity contribution in [2.24, 2.45) is 0 Å². The molecule has 0 N–H and O–H groups in total. The smallest absolute Gasteiger partial charge is 0.124 e. The molecule has 4 heteroatoms. The molecule has 0 spiro atoms. The van der Waals surface area contributed by atoms with Gasteiger partial charge >= 0.3 is 0 Å². The van der Waals surface area contributed by atoms with E-state index < -0.39 is 24.4 Å². The number of rotatable bonds is 1. The molecule has 0 saturated carbocycles. The highest BCUT2D eigenvalue weighted by atomic mass is 79.9. The van der Waals surface area contributed by atoms with Crippen molar-refractivity contribution >= 4 is 15.9 Å². The summed E-state index contributed by atoms with van der Waals surface area (Å²) in [6, 6.07) is -0.828. The molecule has 2 aromatic heterocycles. The van der Waals surface area contributed by atoms with Crippen LogP contribution in [0, 0.1) is 0 Å². The molecule has 0 aliphatic carbocycles. The summed E-state index contributed by atoms with van der Waals surface area (Å²) < 4.78 is 46.6. The Morgan fingerprint density at radius 2 is 2.17 bits per heavy atom. The predicted octanol–water partition coefficient (Wildman–Crippen LogP) is 2.03. The molecule has 0 bridgehead atoms. The van der Waals surface area contributed by atoms with E-state index in [-0.39, 0.29) is 22.8 Å². The first-order chi connectivity index (χ1) is 8.34. The van der Waals surface area contributed by atoms with Gasteiger partial charge in [0.2, 0.25) is 0 Å². The Hall–Kier alpha value is -1.16. The first-order valence-electron chi connectivity index (χ1n) is 6.00. The van der Waals surface area contributed by atoms with Gasteiger partial charge in [-0.2, -0.15) is 0 Å². The van der Waals surface area contributed by atoms with Gasteiger partial charge in [0.1, 0.15) is 12.3 Å². The van der Waals surface area contributed by atoms with E-state index in [2.05, 4.69) is 25.9 Å². The maximum absolute atomic E-state index is 7.71. The molecule has 0 unspecified atom stereocenters. The zero-order valence-corrected chi connectivity index (χ0v) is 7.31. The molecule has 0 fully saturated rings. The average molecular weight is 230 g/mol. The summed E-state index contributed by atoms with van der Waals surface area (Å²) in [5, 5.41) is 0. The maximum Gasteiger partial charge on any atom is 0.124 e. The Balaban J connectivity index is 2.87. The van der Waals surface area contributed by atoms with Crippen LogP contribution < -0.4 is 0 Å². The zero-order chi connectivity index (χ0) is 13.6. The second-order valence-corrected chi connectivity index (χ2v) is 2.63. The summed E-state index contributed by atoms with van der Waals surface area (Å²) in [6.07, 6.45) is -1.52. The van der Waals surface area contributed by atoms with Crippen molar-refractivity contribution in [1.29, 1.82) is 0 Å². The Labute approximate surface area is 86.6 Å². The van der Waals surface area contributed by atoms with E-state index in [1.165, 1.54) is 0 Å². The van der Waals surface area contributed by atoms with Gasteiger partial charge in [-0.1, -0.05) is 0 Å². The first-order valence-corrected chi connectivity index (χ1v) is 3.80. The van der Waals surface area contributed by atoms with Gasteiger partial charge in [-0.3, -0.25) is 4.98 Å². The molecule has 0 aromatic carbocycles. The minimum absolute atomic E-state index is 0.0983. The standard InChI is InChI=1S/C8H6BrN3/c9-8-5-12(6-11-8)7-1-3-10-4-2-7/h1-6H/i1D,2D,3D,4D,5D,6D. The molecule has 0 radical (unpaired) electrons. The molecule has 60 valence electrons. The van der Waals surface area contributed by atoms with Crippen LogP contribution in [0.25, 0.3) is 5.69 Å². The molecule has 2 rings (SSSR count). The van der Waals surface area contributed by atoms with E-state index in [4.69, 9.17) is 8.22 Å². The Morgan fingerprint density at radius 1 is 1.42 bits per heavy atom. The molecule has 0 atom stereocenters. The van der Waals surface area contributed by atoms with Crippen molar-refractivity contribution in [2.75, 3.05) is 0 Å². The first kappa shape index (κ1) is 3.30. The number of hydrogen-bond acceptors (Lipinski definition) is 2. The summed E-state index contributed by atoms with van der Waals surface area (Å²) >= 11 is 2.98. The van der Waals surface area contributed by atoms with E-state index in [1.54, 1.807) is 0 Å². The summed E-state index contributed by atoms with van der Waals surface area (Å²) in [7, 11) is 0. The van der Waals surface area contributed by atoms with Gasteiger partial charge in [0.15, 0.2) is 0 Å². The van der Waals surface area contributed by atoms with Gasteiger partial charge in [0.25, 0.3) is 0 Å². The van der Waals surface area contributed by atoms with Gasteiger partial charge in [-0.25, -0.2) is 4.98 Å². The lowest BCUT2D eigenvalue weighted by Gasteiger charge is -1.98. The number of nitrogens with zero attached hydrogens (tertiary/aromatic N) is 3. The van der Waals surface area contributed by atoms with Crippen LogP contribution in [0.5, 0.6) is 0 Å². The van der Waals surface area contributed by atoms with Crippen molar-refractivity contribution in [1.82, 2.24) is 14.5 Å². The topological polar surface area (TPSA) is 30.7 Å². The number of imidazole rings is 1. The van der Waals surface area contributed by atoms with Crippen LogP contribution in [0.4, 0.5) is 0 Å². The lowest BCUT2D eigenvalue weighted by molar-refractivity contribution is 1.05. The van der Waals surface area contributed by atoms with E-state index in [0.29, 0.717) is 0 Å². The van der Waals surface area contributed by atoms with Crippen LogP contribution in [0.2, 0.25) is 0 Å². The van der Waals surface area contributed by atoms with E-state index in [1.807, 2.05) is 0 Å². The van der Waals surface area contributed by atoms with Crippen molar-refractivity contribution in [2.45, 2.75) is 0 Å². The Kier molecular flexibility index (Phi) is 0.842. The van der Waals surface area contributed by atoms with Crippen molar-refractivity contribution < 1.29 is 8.22 Å². The molecular formula is C8H6BrN3. The lowest BCUT2D eigenvalue weighted by Crippen LogP contribution is -1.88. The third kappa shape index (κ3) is 1.38. The van der Waals surface area contributed by atoms with Gasteiger partial charge < -0.3 is 4.57 Å². The van der Waals surface area contributed by atoms with Crippen LogP contribution in [-0.2, 0) is 0 Å². The number of halogens is 1. The van der Waals surface area contributed by atoms with Crippen molar-refractivity contribution in [3.05, 3.63) is 41.5 Å². The number of pyridine rings is 1. The normalized spacial score (nSPS) is 17.1. The molecular weight excluding hydrogens is 218 g/mol. The molecule has 0 saturated heterocycles. The summed E-state index contributed by atoms with van der Waals surface area (Å²) in [6.45, 7) is 0. The zero-order valence-electron chi connectivity index (χ0n) is 11.7. The third-order valence-corrected chi connectivity index (χ3v) is 1.49. The van der Waals surface area contributed by atoms with Gasteiger partial charge in [0.05, 0.1) is 6.85 Å². The Bertz CT molecular complexity index is 614. The van der Waals surface area contributed by atoms with Crippen molar-refractivity contribution in [3.63, 3.8) is 0 Å². The lowest BCUT2D eigenvalue weighted by atomic mass is 10.4. The van der Waals surface area contributed by atoms with E-state index >= 15 is 0 Å². The average Bonchev–Trinajstić information content (AvgIpc) is 2.53. The third-order valence-electron chi connectivity index (χ3n) is 1.14. The second-order valence-electron chi connectivity index (χ2n) is 1.88. The molecule has 2 aromatic rings. The fraction of sp³-hybridized carbons (Fsp3) is 0. The number of hydrogen-bond donors (Lipinski definition) is 0. The molecule has 0 aliphatic heterocycles. The van der Waals surface area contributed by atoms with Crippen LogP contribution >= 0.6 is 15.9 Å². The predicted molar refractivity (Wildman–Crippen MR) is 49.1 cm³/mol. The van der Waals surface area contributed by atoms with Gasteiger partial charge in [-0.05, 0) is 28.0 Å². The van der Waals surface area contributed by atoms with Crippen LogP contribution in [-0.4, -0.2) is 14.5 Å². The monoisotopic (exact) mass is 229 g/mol. The van der Waals surface area contributed by atoms with Crippen molar-refractivity contribution in [3.8, 4) is 5.69 Å². The molecule has 0 amide bonds. The molecule has 12 heavy (non-hydrogen) atoms. The molecule has 0 aliphatic rings. The van der Waals surface area contributed by atoms with Crippen LogP contribution in [0.3, 0.4) is 0 Å². The highest BCUT2D eigenvalue weighted by Gasteiger charge is 1.95. The minimum atomic E-state index is -0.477. The maximum atomic E-state index is 7.71. The van der Waals surface area contributed by atoms with Gasteiger partial charge in [-0.15, -0.1) is 0 Å². The number of aromatic nitrogens is 3. The largest absolute Gasteiger partial charge is 0.305 e. The highest BCUT2D eigenvalue weighted by molar-refractivity contribution is 9.10. The highest BCUT2D eigenvalue weighted by Crippen LogP contribution is 2.10. The SMILES string of the molecule is [2H]c1nc([2H])c([2H])c(-n2c([2H])nc(Br)c2[2H])c1[2H]. The molecule has 3 nitrogen and oxygen atoms in total. The summed E-state index contributed by atoms with van der Waals surface area (Å²) in [4.78, 5) is 7.09. The summed E-state index contributed by atoms with van der Waals surface area (Å²) in [5.41, 5.74) is -0.201. The minimum Gasteiger partial charge on any atom is -0.305 e. The fourth-order valence-electron chi connectivity index (χ4n) is 0.675. The van der Waals surface area contributed by atoms with E-state index in [0.717, 1.165) is 4.57 Å². The Morgan fingerprint density at radius 3 is 2.75 bits per heavy atom. The van der Waals surface area contributed by atoms with Crippen LogP contribution in [0.1, 0.15) is 8.22 Å². The van der Waals surface area contributed by atoms with E-state index in [9.17, 15) is 0 Å².